The molecule has 5 heteroatoms. The predicted octanol–water partition coefficient (Wildman–Crippen LogP) is 1.55. The number of nitrogens with two attached hydrogens (primary N) is 1. The van der Waals surface area contributed by atoms with E-state index in [2.05, 4.69) is 18.7 Å². The smallest absolute Gasteiger partial charge is 0.152 e. The first-order valence-corrected chi connectivity index (χ1v) is 8.53. The molecule has 1 aromatic carbocycles. The zero-order valence-corrected chi connectivity index (χ0v) is 12.4. The topological polar surface area (TPSA) is 63.4 Å². The molecule has 1 aromatic rings. The van der Waals surface area contributed by atoms with E-state index < -0.39 is 9.84 Å². The molecule has 2 N–H and O–H groups in total. The lowest BCUT2D eigenvalue weighted by Crippen LogP contribution is -2.41. The standard InChI is InChI=1S/C14H22N2O2S/c1-11(2)16(14-7-8-19(17,18)10-14)13-5-3-12(9-15)4-6-13/h3-6,11,14H,7-10,15H2,1-2H3. The molecule has 1 aliphatic heterocycles. The summed E-state index contributed by atoms with van der Waals surface area (Å²) in [6.07, 6.45) is 0.721. The van der Waals surface area contributed by atoms with Gasteiger partial charge in [-0.3, -0.25) is 0 Å². The van der Waals surface area contributed by atoms with Crippen LogP contribution < -0.4 is 10.6 Å². The SMILES string of the molecule is CC(C)N(c1ccc(CN)cc1)C1CCS(=O)(=O)C1. The Balaban J connectivity index is 2.25. The van der Waals surface area contributed by atoms with Crippen LogP contribution in [0.5, 0.6) is 0 Å². The first-order valence-electron chi connectivity index (χ1n) is 6.71. The lowest BCUT2D eigenvalue weighted by atomic mass is 10.1. The van der Waals surface area contributed by atoms with Gasteiger partial charge in [-0.2, -0.15) is 0 Å². The summed E-state index contributed by atoms with van der Waals surface area (Å²) in [5, 5.41) is 0. The van der Waals surface area contributed by atoms with Crippen molar-refractivity contribution in [2.75, 3.05) is 16.4 Å². The summed E-state index contributed by atoms with van der Waals surface area (Å²) in [6, 6.07) is 8.46. The summed E-state index contributed by atoms with van der Waals surface area (Å²) in [5.74, 6) is 0.575. The first-order chi connectivity index (χ1) is 8.93. The second-order valence-electron chi connectivity index (χ2n) is 5.43. The van der Waals surface area contributed by atoms with Gasteiger partial charge < -0.3 is 10.6 Å². The molecule has 0 saturated carbocycles. The average Bonchev–Trinajstić information content (AvgIpc) is 2.70. The molecule has 0 radical (unpaired) electrons. The highest BCUT2D eigenvalue weighted by Crippen LogP contribution is 2.26. The van der Waals surface area contributed by atoms with E-state index in [4.69, 9.17) is 5.73 Å². The third-order valence-corrected chi connectivity index (χ3v) is 5.38. The molecular weight excluding hydrogens is 260 g/mol. The fraction of sp³-hybridized carbons (Fsp3) is 0.571. The Kier molecular flexibility index (Phi) is 4.16. The van der Waals surface area contributed by atoms with Crippen LogP contribution in [0, 0.1) is 0 Å². The summed E-state index contributed by atoms with van der Waals surface area (Å²) < 4.78 is 23.3. The van der Waals surface area contributed by atoms with Crippen LogP contribution in [0.3, 0.4) is 0 Å². The lowest BCUT2D eigenvalue weighted by molar-refractivity contribution is 0.577. The van der Waals surface area contributed by atoms with Crippen molar-refractivity contribution < 1.29 is 8.42 Å². The quantitative estimate of drug-likeness (QED) is 0.910. The molecule has 0 aliphatic carbocycles. The maximum Gasteiger partial charge on any atom is 0.152 e. The van der Waals surface area contributed by atoms with E-state index in [1.54, 1.807) is 0 Å². The minimum Gasteiger partial charge on any atom is -0.365 e. The van der Waals surface area contributed by atoms with E-state index in [1.165, 1.54) is 0 Å². The van der Waals surface area contributed by atoms with Gasteiger partial charge in [0.05, 0.1) is 11.5 Å². The zero-order valence-electron chi connectivity index (χ0n) is 11.5. The van der Waals surface area contributed by atoms with E-state index in [0.717, 1.165) is 17.7 Å². The van der Waals surface area contributed by atoms with Crippen molar-refractivity contribution in [3.05, 3.63) is 29.8 Å². The summed E-state index contributed by atoms with van der Waals surface area (Å²) in [5.41, 5.74) is 7.77. The second kappa shape index (κ2) is 5.51. The highest BCUT2D eigenvalue weighted by atomic mass is 32.2. The van der Waals surface area contributed by atoms with E-state index >= 15 is 0 Å². The number of benzene rings is 1. The molecule has 1 saturated heterocycles. The second-order valence-corrected chi connectivity index (χ2v) is 7.66. The molecular formula is C14H22N2O2S. The molecule has 4 nitrogen and oxygen atoms in total. The van der Waals surface area contributed by atoms with Crippen molar-refractivity contribution >= 4 is 15.5 Å². The maximum atomic E-state index is 11.7. The van der Waals surface area contributed by atoms with Gasteiger partial charge in [-0.15, -0.1) is 0 Å². The van der Waals surface area contributed by atoms with Crippen LogP contribution in [0.4, 0.5) is 5.69 Å². The van der Waals surface area contributed by atoms with E-state index in [-0.39, 0.29) is 17.8 Å². The number of rotatable bonds is 4. The van der Waals surface area contributed by atoms with Crippen LogP contribution >= 0.6 is 0 Å². The van der Waals surface area contributed by atoms with Gasteiger partial charge in [-0.25, -0.2) is 8.42 Å². The Morgan fingerprint density at radius 1 is 1.32 bits per heavy atom. The van der Waals surface area contributed by atoms with Crippen molar-refractivity contribution in [2.24, 2.45) is 5.73 Å². The van der Waals surface area contributed by atoms with Gasteiger partial charge in [0.1, 0.15) is 0 Å². The summed E-state index contributed by atoms with van der Waals surface area (Å²) in [4.78, 5) is 2.21. The van der Waals surface area contributed by atoms with E-state index in [0.29, 0.717) is 12.3 Å². The Hall–Kier alpha value is -1.07. The normalized spacial score (nSPS) is 21.8. The fourth-order valence-corrected chi connectivity index (χ4v) is 4.44. The fourth-order valence-electron chi connectivity index (χ4n) is 2.73. The summed E-state index contributed by atoms with van der Waals surface area (Å²) in [6.45, 7) is 4.73. The third kappa shape index (κ3) is 3.28. The number of hydrogen-bond acceptors (Lipinski definition) is 4. The maximum absolute atomic E-state index is 11.7. The molecule has 106 valence electrons. The van der Waals surface area contributed by atoms with Crippen LogP contribution in [-0.2, 0) is 16.4 Å². The van der Waals surface area contributed by atoms with Crippen LogP contribution in [0.15, 0.2) is 24.3 Å². The van der Waals surface area contributed by atoms with Crippen molar-refractivity contribution in [1.82, 2.24) is 0 Å². The first kappa shape index (κ1) is 14.3. The van der Waals surface area contributed by atoms with Crippen LogP contribution in [0.2, 0.25) is 0 Å². The highest BCUT2D eigenvalue weighted by Gasteiger charge is 2.33. The predicted molar refractivity (Wildman–Crippen MR) is 79.0 cm³/mol. The molecule has 1 atom stereocenters. The number of anilines is 1. The molecule has 0 amide bonds. The van der Waals surface area contributed by atoms with E-state index in [9.17, 15) is 8.42 Å². The monoisotopic (exact) mass is 282 g/mol. The molecule has 0 aromatic heterocycles. The van der Waals surface area contributed by atoms with Crippen molar-refractivity contribution in [2.45, 2.75) is 38.9 Å². The Bertz CT molecular complexity index is 523. The Morgan fingerprint density at radius 3 is 2.37 bits per heavy atom. The molecule has 0 bridgehead atoms. The van der Waals surface area contributed by atoms with Crippen molar-refractivity contribution in [3.8, 4) is 0 Å². The number of nitrogens with zero attached hydrogens (tertiary/aromatic N) is 1. The minimum absolute atomic E-state index is 0.0914. The van der Waals surface area contributed by atoms with Gasteiger partial charge in [-0.05, 0) is 38.0 Å². The molecule has 19 heavy (non-hydrogen) atoms. The largest absolute Gasteiger partial charge is 0.365 e. The molecule has 1 heterocycles. The Labute approximate surface area is 115 Å². The van der Waals surface area contributed by atoms with Gasteiger partial charge in [0.2, 0.25) is 0 Å². The minimum atomic E-state index is -2.86. The summed E-state index contributed by atoms with van der Waals surface area (Å²) >= 11 is 0. The van der Waals surface area contributed by atoms with Crippen molar-refractivity contribution in [1.29, 1.82) is 0 Å². The number of hydrogen-bond donors (Lipinski definition) is 1. The van der Waals surface area contributed by atoms with Gasteiger partial charge in [0, 0.05) is 24.3 Å². The van der Waals surface area contributed by atoms with Crippen LogP contribution in [0.1, 0.15) is 25.8 Å². The lowest BCUT2D eigenvalue weighted by Gasteiger charge is -2.34. The average molecular weight is 282 g/mol. The summed E-state index contributed by atoms with van der Waals surface area (Å²) in [7, 11) is -2.86. The van der Waals surface area contributed by atoms with Crippen molar-refractivity contribution in [3.63, 3.8) is 0 Å². The molecule has 1 fully saturated rings. The molecule has 1 unspecified atom stereocenters. The van der Waals surface area contributed by atoms with Gasteiger partial charge >= 0.3 is 0 Å². The molecule has 0 spiro atoms. The third-order valence-electron chi connectivity index (χ3n) is 3.63. The Morgan fingerprint density at radius 2 is 1.95 bits per heavy atom. The van der Waals surface area contributed by atoms with Crippen LogP contribution in [-0.4, -0.2) is 32.0 Å². The van der Waals surface area contributed by atoms with E-state index in [1.807, 2.05) is 24.3 Å². The highest BCUT2D eigenvalue weighted by molar-refractivity contribution is 7.91. The van der Waals surface area contributed by atoms with Gasteiger partial charge in [-0.1, -0.05) is 12.1 Å². The van der Waals surface area contributed by atoms with Crippen LogP contribution in [0.25, 0.3) is 0 Å². The molecule has 2 rings (SSSR count). The number of sulfone groups is 1. The molecule has 1 aliphatic rings. The van der Waals surface area contributed by atoms with Gasteiger partial charge in [0.25, 0.3) is 0 Å². The zero-order chi connectivity index (χ0) is 14.0. The van der Waals surface area contributed by atoms with Gasteiger partial charge in [0.15, 0.2) is 9.84 Å².